The van der Waals surface area contributed by atoms with Gasteiger partial charge < -0.3 is 14.2 Å². The highest BCUT2D eigenvalue weighted by atomic mass is 32.2. The van der Waals surface area contributed by atoms with E-state index in [2.05, 4.69) is 31.2 Å². The summed E-state index contributed by atoms with van der Waals surface area (Å²) in [6, 6.07) is 12.4. The van der Waals surface area contributed by atoms with Gasteiger partial charge in [-0.15, -0.1) is 0 Å². The maximum Gasteiger partial charge on any atom is 0.264 e. The molecule has 3 unspecified atom stereocenters. The number of benzene rings is 2. The molecule has 5 aliphatic rings. The fraction of sp³-hybridized carbons (Fsp3) is 0.543. The zero-order valence-corrected chi connectivity index (χ0v) is 27.0. The van der Waals surface area contributed by atoms with Gasteiger partial charge in [0, 0.05) is 60.2 Å². The molecule has 1 N–H and O–H groups in total. The summed E-state index contributed by atoms with van der Waals surface area (Å²) >= 11 is 0. The maximum atomic E-state index is 14.7. The van der Waals surface area contributed by atoms with Crippen molar-refractivity contribution in [3.05, 3.63) is 53.1 Å². The SMILES string of the molecule is COc1ccc2c(c1)C1CC1(C(=O)N1CCN3CCCC3C1)Cn1c-2c(C2CCCCC2)c2ccc(C(=O)NS(C)(=O)=O)cc21. The molecule has 2 aliphatic carbocycles. The summed E-state index contributed by atoms with van der Waals surface area (Å²) in [5.41, 5.74) is 5.39. The molecule has 10 heteroatoms. The van der Waals surface area contributed by atoms with E-state index in [1.165, 1.54) is 36.8 Å². The number of hydrogen-bond donors (Lipinski definition) is 1. The molecule has 2 saturated carbocycles. The lowest BCUT2D eigenvalue weighted by Crippen LogP contribution is -2.54. The normalized spacial score (nSPS) is 26.4. The number of hydrogen-bond acceptors (Lipinski definition) is 6. The number of piperazine rings is 1. The number of rotatable bonds is 5. The van der Waals surface area contributed by atoms with Crippen molar-refractivity contribution in [3.63, 3.8) is 0 Å². The van der Waals surface area contributed by atoms with Crippen LogP contribution >= 0.6 is 0 Å². The second-order valence-corrected chi connectivity index (χ2v) is 15.8. The molecule has 4 heterocycles. The van der Waals surface area contributed by atoms with Crippen molar-refractivity contribution < 1.29 is 22.7 Å². The number of nitrogens with one attached hydrogen (secondary N) is 1. The Morgan fingerprint density at radius 1 is 0.978 bits per heavy atom. The van der Waals surface area contributed by atoms with Crippen LogP contribution in [-0.2, 0) is 21.4 Å². The van der Waals surface area contributed by atoms with Crippen LogP contribution in [0.1, 0.15) is 84.7 Å². The maximum absolute atomic E-state index is 14.7. The van der Waals surface area contributed by atoms with Gasteiger partial charge in [-0.25, -0.2) is 13.1 Å². The first-order valence-corrected chi connectivity index (χ1v) is 18.5. The predicted octanol–water partition coefficient (Wildman–Crippen LogP) is 4.85. The number of amides is 2. The quantitative estimate of drug-likeness (QED) is 0.433. The predicted molar refractivity (Wildman–Crippen MR) is 173 cm³/mol. The first-order valence-electron chi connectivity index (χ1n) is 16.6. The number of aromatic nitrogens is 1. The van der Waals surface area contributed by atoms with Crippen molar-refractivity contribution in [2.75, 3.05) is 39.5 Å². The largest absolute Gasteiger partial charge is 0.497 e. The van der Waals surface area contributed by atoms with E-state index in [4.69, 9.17) is 4.74 Å². The summed E-state index contributed by atoms with van der Waals surface area (Å²) in [5, 5.41) is 1.09. The van der Waals surface area contributed by atoms with E-state index in [1.54, 1.807) is 13.2 Å². The van der Waals surface area contributed by atoms with E-state index in [1.807, 2.05) is 18.2 Å². The van der Waals surface area contributed by atoms with Gasteiger partial charge in [0.2, 0.25) is 15.9 Å². The highest BCUT2D eigenvalue weighted by molar-refractivity contribution is 7.89. The number of fused-ring (bicyclic) bond motifs is 8. The lowest BCUT2D eigenvalue weighted by Gasteiger charge is -2.39. The second-order valence-electron chi connectivity index (χ2n) is 14.1. The van der Waals surface area contributed by atoms with E-state index in [0.717, 1.165) is 86.0 Å². The number of methoxy groups -OCH3 is 1. The molecule has 238 valence electrons. The summed E-state index contributed by atoms with van der Waals surface area (Å²) in [6.45, 7) is 4.15. The Morgan fingerprint density at radius 3 is 2.58 bits per heavy atom. The van der Waals surface area contributed by atoms with Gasteiger partial charge in [0.05, 0.1) is 24.5 Å². The summed E-state index contributed by atoms with van der Waals surface area (Å²) in [4.78, 5) is 32.5. The average molecular weight is 631 g/mol. The molecule has 3 atom stereocenters. The Labute approximate surface area is 264 Å². The Morgan fingerprint density at radius 2 is 1.80 bits per heavy atom. The van der Waals surface area contributed by atoms with E-state index in [9.17, 15) is 18.0 Å². The van der Waals surface area contributed by atoms with Gasteiger partial charge in [0.25, 0.3) is 5.91 Å². The third kappa shape index (κ3) is 4.78. The molecule has 3 aliphatic heterocycles. The van der Waals surface area contributed by atoms with E-state index < -0.39 is 21.3 Å². The first kappa shape index (κ1) is 29.1. The van der Waals surface area contributed by atoms with Crippen LogP contribution in [0.25, 0.3) is 22.2 Å². The van der Waals surface area contributed by atoms with Gasteiger partial charge in [-0.05, 0) is 86.0 Å². The van der Waals surface area contributed by atoms with Crippen molar-refractivity contribution in [1.29, 1.82) is 0 Å². The Bertz CT molecular complexity index is 1830. The second kappa shape index (κ2) is 10.6. The van der Waals surface area contributed by atoms with Gasteiger partial charge in [0.15, 0.2) is 0 Å². The summed E-state index contributed by atoms with van der Waals surface area (Å²) in [5.74, 6) is 0.859. The number of nitrogens with zero attached hydrogens (tertiary/aromatic N) is 3. The van der Waals surface area contributed by atoms with Crippen LogP contribution in [0.5, 0.6) is 5.75 Å². The van der Waals surface area contributed by atoms with Gasteiger partial charge in [-0.2, -0.15) is 0 Å². The summed E-state index contributed by atoms with van der Waals surface area (Å²) < 4.78 is 34.1. The number of carbonyl (C=O) groups excluding carboxylic acids is 2. The molecule has 2 amide bonds. The highest BCUT2D eigenvalue weighted by Crippen LogP contribution is 2.66. The zero-order valence-electron chi connectivity index (χ0n) is 26.2. The fourth-order valence-electron chi connectivity index (χ4n) is 9.14. The van der Waals surface area contributed by atoms with Crippen LogP contribution < -0.4 is 9.46 Å². The van der Waals surface area contributed by atoms with E-state index in [-0.39, 0.29) is 11.8 Å². The van der Waals surface area contributed by atoms with Crippen molar-refractivity contribution in [1.82, 2.24) is 19.1 Å². The average Bonchev–Trinajstić information content (AvgIpc) is 3.45. The van der Waals surface area contributed by atoms with Crippen molar-refractivity contribution >= 4 is 32.7 Å². The van der Waals surface area contributed by atoms with Crippen molar-refractivity contribution in [3.8, 4) is 17.0 Å². The smallest absolute Gasteiger partial charge is 0.264 e. The molecule has 0 spiro atoms. The molecule has 4 fully saturated rings. The van der Waals surface area contributed by atoms with Gasteiger partial charge in [-0.1, -0.05) is 25.3 Å². The minimum Gasteiger partial charge on any atom is -0.497 e. The number of sulfonamides is 1. The van der Waals surface area contributed by atoms with Crippen LogP contribution in [0.2, 0.25) is 0 Å². The Balaban J connectivity index is 1.31. The third-order valence-electron chi connectivity index (χ3n) is 11.4. The van der Waals surface area contributed by atoms with Gasteiger partial charge in [-0.3, -0.25) is 14.5 Å². The number of carbonyl (C=O) groups is 2. The molecule has 3 aromatic rings. The summed E-state index contributed by atoms with van der Waals surface area (Å²) in [7, 11) is -2.03. The third-order valence-corrected chi connectivity index (χ3v) is 11.9. The van der Waals surface area contributed by atoms with Crippen LogP contribution in [0.3, 0.4) is 0 Å². The molecule has 0 radical (unpaired) electrons. The first-order chi connectivity index (χ1) is 21.7. The molecule has 9 nitrogen and oxygen atoms in total. The van der Waals surface area contributed by atoms with Crippen LogP contribution in [0.15, 0.2) is 36.4 Å². The fourth-order valence-corrected chi connectivity index (χ4v) is 9.59. The molecule has 2 saturated heterocycles. The zero-order chi connectivity index (χ0) is 31.1. The molecule has 2 aromatic carbocycles. The van der Waals surface area contributed by atoms with Crippen molar-refractivity contribution in [2.24, 2.45) is 5.41 Å². The monoisotopic (exact) mass is 630 g/mol. The van der Waals surface area contributed by atoms with Crippen LogP contribution in [-0.4, -0.2) is 80.2 Å². The molecule has 1 aromatic heterocycles. The lowest BCUT2D eigenvalue weighted by atomic mass is 9.81. The van der Waals surface area contributed by atoms with E-state index in [0.29, 0.717) is 24.1 Å². The topological polar surface area (TPSA) is 101 Å². The van der Waals surface area contributed by atoms with Gasteiger partial charge >= 0.3 is 0 Å². The minimum atomic E-state index is -3.72. The molecular formula is C35H42N4O5S. The lowest BCUT2D eigenvalue weighted by molar-refractivity contribution is -0.140. The molecule has 8 rings (SSSR count). The molecule has 0 bridgehead atoms. The van der Waals surface area contributed by atoms with E-state index >= 15 is 0 Å². The molecular weight excluding hydrogens is 588 g/mol. The van der Waals surface area contributed by atoms with Crippen molar-refractivity contribution in [2.45, 2.75) is 75.8 Å². The highest BCUT2D eigenvalue weighted by Gasteiger charge is 2.64. The summed E-state index contributed by atoms with van der Waals surface area (Å²) in [6.07, 6.45) is 9.93. The van der Waals surface area contributed by atoms with Crippen LogP contribution in [0.4, 0.5) is 0 Å². The standard InChI is InChI=1S/C35H42N4O5S/c1-44-25-11-13-26-28(18-25)29-19-35(29,34(41)38-16-15-37-14-6-9-24(37)20-38)21-39-30-17-23(33(40)36-45(2,42)43)10-12-27(30)31(32(26)39)22-7-4-3-5-8-22/h10-13,17-18,22,24,29H,3-9,14-16,19-21H2,1-2H3,(H,36,40). The Kier molecular flexibility index (Phi) is 6.84. The minimum absolute atomic E-state index is 0.0857. The number of ether oxygens (including phenoxy) is 1. The molecule has 45 heavy (non-hydrogen) atoms. The van der Waals surface area contributed by atoms with Gasteiger partial charge in [0.1, 0.15) is 5.75 Å². The van der Waals surface area contributed by atoms with Crippen LogP contribution in [0, 0.1) is 5.41 Å². The Hall–Kier alpha value is -3.37.